The number of nitrogens with one attached hydrogen (secondary N) is 1. The molecule has 5 heteroatoms. The van der Waals surface area contributed by atoms with Crippen molar-refractivity contribution in [3.63, 3.8) is 0 Å². The normalized spacial score (nSPS) is 34.9. The first kappa shape index (κ1) is 12.9. The zero-order valence-corrected chi connectivity index (χ0v) is 10.8. The van der Waals surface area contributed by atoms with E-state index >= 15 is 0 Å². The number of hydrogen-bond acceptors (Lipinski definition) is 2. The largest absolute Gasteiger partial charge is 0.481 e. The maximum absolute atomic E-state index is 12.0. The molecule has 2 amide bonds. The standard InChI is InChI=1S/C13H20N2O3/c1-8-6-15(7-9(8)2)13(18)14-11-4-3-10(5-11)12(16)17/h3-4,8-11H,5-7H2,1-2H3,(H,14,18)(H,16,17). The minimum absolute atomic E-state index is 0.0770. The Balaban J connectivity index is 1.83. The average molecular weight is 252 g/mol. The quantitative estimate of drug-likeness (QED) is 0.728. The number of amides is 2. The van der Waals surface area contributed by atoms with Gasteiger partial charge in [0, 0.05) is 13.1 Å². The minimum Gasteiger partial charge on any atom is -0.481 e. The highest BCUT2D eigenvalue weighted by molar-refractivity contribution is 5.76. The van der Waals surface area contributed by atoms with Gasteiger partial charge in [-0.25, -0.2) is 4.79 Å². The number of urea groups is 1. The van der Waals surface area contributed by atoms with Crippen molar-refractivity contribution in [1.29, 1.82) is 0 Å². The SMILES string of the molecule is CC1CN(C(=O)NC2C=CC(C(=O)O)C2)CC1C. The van der Waals surface area contributed by atoms with Crippen molar-refractivity contribution in [2.24, 2.45) is 17.8 Å². The maximum Gasteiger partial charge on any atom is 0.317 e. The molecule has 0 aromatic rings. The van der Waals surface area contributed by atoms with E-state index in [-0.39, 0.29) is 12.1 Å². The molecule has 1 saturated heterocycles. The molecule has 1 heterocycles. The fourth-order valence-corrected chi connectivity index (χ4v) is 2.53. The zero-order valence-electron chi connectivity index (χ0n) is 10.8. The fourth-order valence-electron chi connectivity index (χ4n) is 2.53. The highest BCUT2D eigenvalue weighted by atomic mass is 16.4. The number of rotatable bonds is 2. The smallest absolute Gasteiger partial charge is 0.317 e. The molecule has 2 rings (SSSR count). The van der Waals surface area contributed by atoms with Gasteiger partial charge < -0.3 is 15.3 Å². The summed E-state index contributed by atoms with van der Waals surface area (Å²) in [6, 6.07) is -0.225. The Morgan fingerprint density at radius 1 is 1.22 bits per heavy atom. The molecule has 18 heavy (non-hydrogen) atoms. The maximum atomic E-state index is 12.0. The second-order valence-corrected chi connectivity index (χ2v) is 5.48. The summed E-state index contributed by atoms with van der Waals surface area (Å²) in [6.07, 6.45) is 3.89. The number of nitrogens with zero attached hydrogens (tertiary/aromatic N) is 1. The highest BCUT2D eigenvalue weighted by Gasteiger charge is 2.31. The van der Waals surface area contributed by atoms with Gasteiger partial charge in [0.05, 0.1) is 12.0 Å². The number of carbonyl (C=O) groups is 2. The molecular weight excluding hydrogens is 232 g/mol. The third-order valence-corrected chi connectivity index (χ3v) is 3.99. The lowest BCUT2D eigenvalue weighted by molar-refractivity contribution is -0.140. The van der Waals surface area contributed by atoms with Crippen LogP contribution >= 0.6 is 0 Å². The van der Waals surface area contributed by atoms with E-state index in [9.17, 15) is 9.59 Å². The van der Waals surface area contributed by atoms with Gasteiger partial charge in [0.1, 0.15) is 0 Å². The summed E-state index contributed by atoms with van der Waals surface area (Å²) in [5.74, 6) is -0.235. The van der Waals surface area contributed by atoms with Crippen molar-refractivity contribution in [2.75, 3.05) is 13.1 Å². The number of aliphatic carboxylic acids is 1. The lowest BCUT2D eigenvalue weighted by Gasteiger charge is -2.20. The Morgan fingerprint density at radius 3 is 2.33 bits per heavy atom. The Hall–Kier alpha value is -1.52. The molecule has 4 unspecified atom stereocenters. The van der Waals surface area contributed by atoms with E-state index in [0.717, 1.165) is 13.1 Å². The van der Waals surface area contributed by atoms with Crippen molar-refractivity contribution in [1.82, 2.24) is 10.2 Å². The Kier molecular flexibility index (Phi) is 3.59. The zero-order chi connectivity index (χ0) is 13.3. The molecule has 0 bridgehead atoms. The summed E-state index contributed by atoms with van der Waals surface area (Å²) in [7, 11) is 0. The van der Waals surface area contributed by atoms with Gasteiger partial charge in [-0.15, -0.1) is 0 Å². The first-order valence-corrected chi connectivity index (χ1v) is 6.44. The first-order chi connectivity index (χ1) is 8.47. The average Bonchev–Trinajstić information content (AvgIpc) is 2.87. The lowest BCUT2D eigenvalue weighted by atomic mass is 10.0. The van der Waals surface area contributed by atoms with Crippen LogP contribution in [0.25, 0.3) is 0 Å². The molecule has 2 aliphatic rings. The molecule has 1 aliphatic heterocycles. The van der Waals surface area contributed by atoms with Gasteiger partial charge in [-0.3, -0.25) is 4.79 Å². The summed E-state index contributed by atoms with van der Waals surface area (Å²) < 4.78 is 0. The Bertz CT molecular complexity index is 370. The molecular formula is C13H20N2O3. The predicted octanol–water partition coefficient (Wildman–Crippen LogP) is 1.31. The summed E-state index contributed by atoms with van der Waals surface area (Å²) in [4.78, 5) is 24.6. The Labute approximate surface area is 107 Å². The third-order valence-electron chi connectivity index (χ3n) is 3.99. The fraction of sp³-hybridized carbons (Fsp3) is 0.692. The first-order valence-electron chi connectivity index (χ1n) is 6.44. The van der Waals surface area contributed by atoms with Gasteiger partial charge in [0.2, 0.25) is 0 Å². The van der Waals surface area contributed by atoms with Crippen LogP contribution in [0.3, 0.4) is 0 Å². The molecule has 2 N–H and O–H groups in total. The summed E-state index contributed by atoms with van der Waals surface area (Å²) >= 11 is 0. The molecule has 0 radical (unpaired) electrons. The molecule has 1 fully saturated rings. The van der Waals surface area contributed by atoms with Crippen LogP contribution in [0, 0.1) is 17.8 Å². The van der Waals surface area contributed by atoms with Crippen molar-refractivity contribution in [2.45, 2.75) is 26.3 Å². The van der Waals surface area contributed by atoms with E-state index in [1.165, 1.54) is 0 Å². The second-order valence-electron chi connectivity index (χ2n) is 5.48. The van der Waals surface area contributed by atoms with Crippen molar-refractivity contribution < 1.29 is 14.7 Å². The molecule has 5 nitrogen and oxygen atoms in total. The monoisotopic (exact) mass is 252 g/mol. The molecule has 0 aromatic heterocycles. The Morgan fingerprint density at radius 2 is 1.83 bits per heavy atom. The van der Waals surface area contributed by atoms with Gasteiger partial charge in [0.15, 0.2) is 0 Å². The van der Waals surface area contributed by atoms with Crippen LogP contribution < -0.4 is 5.32 Å². The van der Waals surface area contributed by atoms with Crippen LogP contribution in [0.1, 0.15) is 20.3 Å². The number of carboxylic acids is 1. The summed E-state index contributed by atoms with van der Waals surface area (Å²) in [6.45, 7) is 5.86. The lowest BCUT2D eigenvalue weighted by Crippen LogP contribution is -2.43. The third kappa shape index (κ3) is 2.66. The molecule has 0 saturated carbocycles. The predicted molar refractivity (Wildman–Crippen MR) is 67.1 cm³/mol. The van der Waals surface area contributed by atoms with Gasteiger partial charge in [-0.1, -0.05) is 26.0 Å². The summed E-state index contributed by atoms with van der Waals surface area (Å²) in [5, 5.41) is 11.8. The molecule has 0 aromatic carbocycles. The van der Waals surface area contributed by atoms with Gasteiger partial charge in [-0.2, -0.15) is 0 Å². The van der Waals surface area contributed by atoms with Crippen LogP contribution in [0.2, 0.25) is 0 Å². The number of carboxylic acid groups (broad SMARTS) is 1. The number of carbonyl (C=O) groups excluding carboxylic acids is 1. The minimum atomic E-state index is -0.827. The number of hydrogen-bond donors (Lipinski definition) is 2. The number of likely N-dealkylation sites (tertiary alicyclic amines) is 1. The van der Waals surface area contributed by atoms with Crippen LogP contribution in [-0.2, 0) is 4.79 Å². The molecule has 100 valence electrons. The van der Waals surface area contributed by atoms with E-state index in [1.54, 1.807) is 12.2 Å². The van der Waals surface area contributed by atoms with Crippen LogP contribution in [0.5, 0.6) is 0 Å². The van der Waals surface area contributed by atoms with E-state index < -0.39 is 11.9 Å². The van der Waals surface area contributed by atoms with Crippen molar-refractivity contribution >= 4 is 12.0 Å². The second kappa shape index (κ2) is 5.00. The van der Waals surface area contributed by atoms with E-state index in [1.807, 2.05) is 4.90 Å². The van der Waals surface area contributed by atoms with E-state index in [4.69, 9.17) is 5.11 Å². The highest BCUT2D eigenvalue weighted by Crippen LogP contribution is 2.23. The summed E-state index contributed by atoms with van der Waals surface area (Å²) in [5.41, 5.74) is 0. The molecule has 1 aliphatic carbocycles. The van der Waals surface area contributed by atoms with Crippen LogP contribution in [0.4, 0.5) is 4.79 Å². The van der Waals surface area contributed by atoms with E-state index in [2.05, 4.69) is 19.2 Å². The van der Waals surface area contributed by atoms with Crippen molar-refractivity contribution in [3.05, 3.63) is 12.2 Å². The van der Waals surface area contributed by atoms with Crippen molar-refractivity contribution in [3.8, 4) is 0 Å². The van der Waals surface area contributed by atoms with Crippen LogP contribution in [0.15, 0.2) is 12.2 Å². The topological polar surface area (TPSA) is 69.6 Å². The van der Waals surface area contributed by atoms with Crippen LogP contribution in [-0.4, -0.2) is 41.1 Å². The van der Waals surface area contributed by atoms with E-state index in [0.29, 0.717) is 18.3 Å². The molecule has 0 spiro atoms. The molecule has 4 atom stereocenters. The van der Waals surface area contributed by atoms with Gasteiger partial charge >= 0.3 is 12.0 Å². The van der Waals surface area contributed by atoms with Gasteiger partial charge in [-0.05, 0) is 18.3 Å². The van der Waals surface area contributed by atoms with Gasteiger partial charge in [0.25, 0.3) is 0 Å².